The molecule has 2 aromatic rings. The summed E-state index contributed by atoms with van der Waals surface area (Å²) in [5.41, 5.74) is 2.97. The Balaban J connectivity index is 1.74. The van der Waals surface area contributed by atoms with Gasteiger partial charge in [0.25, 0.3) is 0 Å². The number of Topliss-reactive ketones (excluding diaryl/α,β-unsaturated/α-hetero) is 1. The molecular weight excluding hydrogens is 422 g/mol. The summed E-state index contributed by atoms with van der Waals surface area (Å²) < 4.78 is 11.0. The molecule has 1 fully saturated rings. The van der Waals surface area contributed by atoms with E-state index in [2.05, 4.69) is 15.9 Å². The van der Waals surface area contributed by atoms with Gasteiger partial charge in [0.2, 0.25) is 5.91 Å². The Labute approximate surface area is 172 Å². The van der Waals surface area contributed by atoms with Crippen molar-refractivity contribution in [2.45, 2.75) is 31.2 Å². The highest BCUT2D eigenvalue weighted by Crippen LogP contribution is 2.56. The van der Waals surface area contributed by atoms with Gasteiger partial charge in [0.1, 0.15) is 12.4 Å². The van der Waals surface area contributed by atoms with Crippen LogP contribution in [0, 0.1) is 0 Å². The van der Waals surface area contributed by atoms with Gasteiger partial charge in [-0.1, -0.05) is 18.6 Å². The maximum atomic E-state index is 13.4. The van der Waals surface area contributed by atoms with Gasteiger partial charge >= 0.3 is 0 Å². The van der Waals surface area contributed by atoms with Crippen LogP contribution >= 0.6 is 15.9 Å². The SMILES string of the molecule is COCC(=O)c1cc(Br)c2c(c1)C1(CCC1)C(=O)N2Cc1ccc(OC)cc1. The number of carbonyl (C=O) groups excluding carboxylic acids is 2. The van der Waals surface area contributed by atoms with E-state index in [-0.39, 0.29) is 18.3 Å². The van der Waals surface area contributed by atoms with Gasteiger partial charge in [-0.05, 0) is 64.2 Å². The van der Waals surface area contributed by atoms with Crippen LogP contribution in [0.5, 0.6) is 5.75 Å². The molecular formula is C22H22BrNO4. The van der Waals surface area contributed by atoms with E-state index in [1.54, 1.807) is 13.2 Å². The predicted octanol–water partition coefficient (Wildman–Crippen LogP) is 4.26. The van der Waals surface area contributed by atoms with Crippen molar-refractivity contribution in [1.82, 2.24) is 0 Å². The Bertz CT molecular complexity index is 934. The molecule has 1 aliphatic heterocycles. The molecule has 1 saturated carbocycles. The second-order valence-electron chi connectivity index (χ2n) is 7.39. The van der Waals surface area contributed by atoms with E-state index in [9.17, 15) is 9.59 Å². The quantitative estimate of drug-likeness (QED) is 0.625. The van der Waals surface area contributed by atoms with Crippen molar-refractivity contribution in [3.05, 3.63) is 57.6 Å². The van der Waals surface area contributed by atoms with Crippen molar-refractivity contribution < 1.29 is 19.1 Å². The number of halogens is 1. The lowest BCUT2D eigenvalue weighted by molar-refractivity contribution is -0.126. The highest BCUT2D eigenvalue weighted by molar-refractivity contribution is 9.10. The zero-order chi connectivity index (χ0) is 19.9. The monoisotopic (exact) mass is 443 g/mol. The number of hydrogen-bond acceptors (Lipinski definition) is 4. The van der Waals surface area contributed by atoms with Crippen LogP contribution in [0.25, 0.3) is 0 Å². The van der Waals surface area contributed by atoms with E-state index in [0.717, 1.165) is 46.3 Å². The molecule has 0 saturated heterocycles. The lowest BCUT2D eigenvalue weighted by Gasteiger charge is -2.37. The third-order valence-corrected chi connectivity index (χ3v) is 6.41. The minimum atomic E-state index is -0.492. The second-order valence-corrected chi connectivity index (χ2v) is 8.24. The summed E-state index contributed by atoms with van der Waals surface area (Å²) in [6.45, 7) is 0.517. The average Bonchev–Trinajstić information content (AvgIpc) is 2.91. The number of amides is 1. The summed E-state index contributed by atoms with van der Waals surface area (Å²) in [5.74, 6) is 0.831. The van der Waals surface area contributed by atoms with Crippen molar-refractivity contribution >= 4 is 33.3 Å². The number of methoxy groups -OCH3 is 2. The second kappa shape index (κ2) is 7.33. The largest absolute Gasteiger partial charge is 0.497 e. The van der Waals surface area contributed by atoms with E-state index in [1.807, 2.05) is 35.2 Å². The molecule has 6 heteroatoms. The molecule has 28 heavy (non-hydrogen) atoms. The Morgan fingerprint density at radius 3 is 2.46 bits per heavy atom. The van der Waals surface area contributed by atoms with Gasteiger partial charge in [0, 0.05) is 17.1 Å². The average molecular weight is 444 g/mol. The molecule has 1 amide bonds. The van der Waals surface area contributed by atoms with Crippen LogP contribution in [0.1, 0.15) is 40.7 Å². The topological polar surface area (TPSA) is 55.8 Å². The van der Waals surface area contributed by atoms with Crippen LogP contribution in [-0.2, 0) is 21.5 Å². The molecule has 5 nitrogen and oxygen atoms in total. The fourth-order valence-electron chi connectivity index (χ4n) is 4.17. The zero-order valence-electron chi connectivity index (χ0n) is 16.0. The molecule has 0 atom stereocenters. The Morgan fingerprint density at radius 2 is 1.89 bits per heavy atom. The standard InChI is InChI=1S/C22H22BrNO4/c1-27-13-19(25)15-10-17-20(18(23)11-15)24(21(26)22(17)8-3-9-22)12-14-4-6-16(28-2)7-5-14/h4-7,10-11H,3,8-9,12-13H2,1-2H3. The number of nitrogens with zero attached hydrogens (tertiary/aromatic N) is 1. The summed E-state index contributed by atoms with van der Waals surface area (Å²) in [4.78, 5) is 27.6. The van der Waals surface area contributed by atoms with Crippen molar-refractivity contribution in [2.75, 3.05) is 25.7 Å². The van der Waals surface area contributed by atoms with Crippen LogP contribution in [0.4, 0.5) is 5.69 Å². The minimum Gasteiger partial charge on any atom is -0.497 e. The smallest absolute Gasteiger partial charge is 0.238 e. The minimum absolute atomic E-state index is 0.0295. The van der Waals surface area contributed by atoms with Crippen molar-refractivity contribution in [3.8, 4) is 5.75 Å². The fraction of sp³-hybridized carbons (Fsp3) is 0.364. The van der Waals surface area contributed by atoms with Gasteiger partial charge in [-0.3, -0.25) is 9.59 Å². The van der Waals surface area contributed by atoms with E-state index >= 15 is 0 Å². The van der Waals surface area contributed by atoms with Crippen molar-refractivity contribution in [3.63, 3.8) is 0 Å². The third kappa shape index (κ3) is 2.95. The van der Waals surface area contributed by atoms with E-state index in [0.29, 0.717) is 12.1 Å². The Morgan fingerprint density at radius 1 is 1.18 bits per heavy atom. The fourth-order valence-corrected chi connectivity index (χ4v) is 4.84. The molecule has 4 rings (SSSR count). The van der Waals surface area contributed by atoms with Crippen LogP contribution in [0.3, 0.4) is 0 Å². The zero-order valence-corrected chi connectivity index (χ0v) is 17.5. The highest BCUT2D eigenvalue weighted by Gasteiger charge is 2.55. The number of rotatable bonds is 6. The number of carbonyl (C=O) groups is 2. The van der Waals surface area contributed by atoms with E-state index < -0.39 is 5.41 Å². The first-order valence-electron chi connectivity index (χ1n) is 9.31. The molecule has 2 aromatic carbocycles. The molecule has 0 bridgehead atoms. The normalized spacial score (nSPS) is 16.8. The molecule has 146 valence electrons. The van der Waals surface area contributed by atoms with Gasteiger partial charge in [-0.2, -0.15) is 0 Å². The predicted molar refractivity (Wildman–Crippen MR) is 110 cm³/mol. The van der Waals surface area contributed by atoms with Crippen LogP contribution in [0.15, 0.2) is 40.9 Å². The lowest BCUT2D eigenvalue weighted by atomic mass is 9.65. The number of ketones is 1. The molecule has 1 aliphatic carbocycles. The number of ether oxygens (including phenoxy) is 2. The summed E-state index contributed by atoms with van der Waals surface area (Å²) in [5, 5.41) is 0. The van der Waals surface area contributed by atoms with E-state index in [4.69, 9.17) is 9.47 Å². The van der Waals surface area contributed by atoms with Crippen molar-refractivity contribution in [1.29, 1.82) is 0 Å². The summed E-state index contributed by atoms with van der Waals surface area (Å²) >= 11 is 3.62. The van der Waals surface area contributed by atoms with Crippen molar-refractivity contribution in [2.24, 2.45) is 0 Å². The first-order chi connectivity index (χ1) is 13.5. The first-order valence-corrected chi connectivity index (χ1v) is 10.1. The number of hydrogen-bond donors (Lipinski definition) is 0. The lowest BCUT2D eigenvalue weighted by Crippen LogP contribution is -2.44. The van der Waals surface area contributed by atoms with E-state index in [1.165, 1.54) is 7.11 Å². The van der Waals surface area contributed by atoms with Crippen LogP contribution < -0.4 is 9.64 Å². The highest BCUT2D eigenvalue weighted by atomic mass is 79.9. The van der Waals surface area contributed by atoms with Crippen LogP contribution in [0.2, 0.25) is 0 Å². The Hall–Kier alpha value is -2.18. The summed E-state index contributed by atoms with van der Waals surface area (Å²) in [7, 11) is 3.14. The number of benzene rings is 2. The van der Waals surface area contributed by atoms with Gasteiger partial charge in [-0.15, -0.1) is 0 Å². The molecule has 1 spiro atoms. The number of anilines is 1. The first kappa shape index (κ1) is 19.2. The molecule has 1 heterocycles. The van der Waals surface area contributed by atoms with Crippen LogP contribution in [-0.4, -0.2) is 32.5 Å². The maximum absolute atomic E-state index is 13.4. The molecule has 0 radical (unpaired) electrons. The molecule has 0 unspecified atom stereocenters. The third-order valence-electron chi connectivity index (χ3n) is 5.81. The van der Waals surface area contributed by atoms with Gasteiger partial charge in [-0.25, -0.2) is 0 Å². The summed E-state index contributed by atoms with van der Waals surface area (Å²) in [6.07, 6.45) is 2.67. The molecule has 0 aromatic heterocycles. The molecule has 0 N–H and O–H groups in total. The van der Waals surface area contributed by atoms with Gasteiger partial charge < -0.3 is 14.4 Å². The van der Waals surface area contributed by atoms with Gasteiger partial charge in [0.15, 0.2) is 5.78 Å². The summed E-state index contributed by atoms with van der Waals surface area (Å²) in [6, 6.07) is 11.4. The maximum Gasteiger partial charge on any atom is 0.238 e. The van der Waals surface area contributed by atoms with Gasteiger partial charge in [0.05, 0.1) is 24.8 Å². The number of fused-ring (bicyclic) bond motifs is 2. The molecule has 2 aliphatic rings. The Kier molecular flexibility index (Phi) is 5.02.